The van der Waals surface area contributed by atoms with Crippen molar-refractivity contribution >= 4 is 35.4 Å². The molecule has 136 valence electrons. The van der Waals surface area contributed by atoms with Crippen molar-refractivity contribution in [3.63, 3.8) is 0 Å². The van der Waals surface area contributed by atoms with Crippen LogP contribution in [0.4, 0.5) is 0 Å². The van der Waals surface area contributed by atoms with Crippen LogP contribution >= 0.6 is 11.8 Å². The van der Waals surface area contributed by atoms with Crippen molar-refractivity contribution in [3.8, 4) is 0 Å². The molecule has 3 heterocycles. The van der Waals surface area contributed by atoms with E-state index in [0.29, 0.717) is 17.0 Å². The van der Waals surface area contributed by atoms with Crippen molar-refractivity contribution < 1.29 is 19.2 Å². The minimum atomic E-state index is -0.916. The van der Waals surface area contributed by atoms with Gasteiger partial charge in [-0.3, -0.25) is 29.4 Å². The normalized spacial score (nSPS) is 25.6. The van der Waals surface area contributed by atoms with Crippen LogP contribution in [0.15, 0.2) is 23.1 Å². The van der Waals surface area contributed by atoms with Gasteiger partial charge in [-0.2, -0.15) is 0 Å². The van der Waals surface area contributed by atoms with Gasteiger partial charge in [0.25, 0.3) is 11.8 Å². The summed E-state index contributed by atoms with van der Waals surface area (Å²) in [6, 6.07) is 4.34. The maximum Gasteiger partial charge on any atom is 0.262 e. The quantitative estimate of drug-likeness (QED) is 0.598. The fourth-order valence-electron chi connectivity index (χ4n) is 3.61. The first-order valence-electron chi connectivity index (χ1n) is 8.74. The number of thioether (sulfide) groups is 1. The largest absolute Gasteiger partial charge is 0.316 e. The molecule has 7 nitrogen and oxygen atoms in total. The van der Waals surface area contributed by atoms with Gasteiger partial charge in [0.15, 0.2) is 0 Å². The standard InChI is InChI=1S/C18H19N3O4S/c22-15-4-3-14(16(23)20-15)21-17(24)12-2-1-11(7-13(12)18(21)25)26-9-10-5-6-19-8-10/h1-2,7,10,14,19H,3-6,8-9H2,(H,20,22,23). The molecule has 0 spiro atoms. The molecule has 2 N–H and O–H groups in total. The zero-order chi connectivity index (χ0) is 18.3. The molecule has 4 amide bonds. The fourth-order valence-corrected chi connectivity index (χ4v) is 4.69. The van der Waals surface area contributed by atoms with Crippen molar-refractivity contribution in [2.45, 2.75) is 30.2 Å². The molecule has 1 aromatic rings. The number of hydrogen-bond donors (Lipinski definition) is 2. The number of piperidine rings is 1. The summed E-state index contributed by atoms with van der Waals surface area (Å²) in [4.78, 5) is 50.7. The number of benzene rings is 1. The van der Waals surface area contributed by atoms with Crippen LogP contribution in [-0.2, 0) is 9.59 Å². The lowest BCUT2D eigenvalue weighted by Crippen LogP contribution is -2.54. The van der Waals surface area contributed by atoms with Crippen LogP contribution in [0, 0.1) is 5.92 Å². The smallest absolute Gasteiger partial charge is 0.262 e. The Labute approximate surface area is 154 Å². The number of nitrogens with zero attached hydrogens (tertiary/aromatic N) is 1. The van der Waals surface area contributed by atoms with Gasteiger partial charge in [-0.15, -0.1) is 11.8 Å². The molecule has 2 saturated heterocycles. The third kappa shape index (κ3) is 3.03. The summed E-state index contributed by atoms with van der Waals surface area (Å²) in [7, 11) is 0. The number of amides is 4. The Morgan fingerprint density at radius 1 is 1.08 bits per heavy atom. The highest BCUT2D eigenvalue weighted by molar-refractivity contribution is 7.99. The van der Waals surface area contributed by atoms with Crippen molar-refractivity contribution in [3.05, 3.63) is 29.3 Å². The second kappa shape index (κ2) is 6.85. The van der Waals surface area contributed by atoms with Crippen LogP contribution in [0.1, 0.15) is 40.0 Å². The average Bonchev–Trinajstić information content (AvgIpc) is 3.22. The number of fused-ring (bicyclic) bond motifs is 1. The van der Waals surface area contributed by atoms with E-state index >= 15 is 0 Å². The van der Waals surface area contributed by atoms with Gasteiger partial charge in [0, 0.05) is 17.1 Å². The fraction of sp³-hybridized carbons (Fsp3) is 0.444. The van der Waals surface area contributed by atoms with E-state index in [1.165, 1.54) is 0 Å². The maximum atomic E-state index is 12.8. The monoisotopic (exact) mass is 373 g/mol. The lowest BCUT2D eigenvalue weighted by Gasteiger charge is -2.27. The summed E-state index contributed by atoms with van der Waals surface area (Å²) < 4.78 is 0. The van der Waals surface area contributed by atoms with Gasteiger partial charge >= 0.3 is 0 Å². The van der Waals surface area contributed by atoms with E-state index in [1.807, 2.05) is 6.07 Å². The molecule has 0 saturated carbocycles. The third-order valence-corrected chi connectivity index (χ3v) is 6.28. The van der Waals surface area contributed by atoms with Gasteiger partial charge in [-0.05, 0) is 50.0 Å². The molecule has 3 aliphatic rings. The molecule has 8 heteroatoms. The SMILES string of the molecule is O=C1CCC(N2C(=O)c3ccc(SCC4CCNC4)cc3C2=O)C(=O)N1. The van der Waals surface area contributed by atoms with Gasteiger partial charge in [0.05, 0.1) is 11.1 Å². The molecule has 0 aromatic heterocycles. The van der Waals surface area contributed by atoms with E-state index in [0.717, 1.165) is 35.1 Å². The summed E-state index contributed by atoms with van der Waals surface area (Å²) in [6.45, 7) is 2.06. The Kier molecular flexibility index (Phi) is 4.54. The molecule has 0 aliphatic carbocycles. The van der Waals surface area contributed by atoms with E-state index in [9.17, 15) is 19.2 Å². The predicted molar refractivity (Wildman–Crippen MR) is 94.8 cm³/mol. The lowest BCUT2D eigenvalue weighted by atomic mass is 10.0. The van der Waals surface area contributed by atoms with Gasteiger partial charge in [0.1, 0.15) is 6.04 Å². The van der Waals surface area contributed by atoms with Crippen LogP contribution in [0.5, 0.6) is 0 Å². The van der Waals surface area contributed by atoms with Crippen LogP contribution < -0.4 is 10.6 Å². The van der Waals surface area contributed by atoms with Gasteiger partial charge in [0.2, 0.25) is 11.8 Å². The molecule has 2 unspecified atom stereocenters. The second-order valence-electron chi connectivity index (χ2n) is 6.82. The van der Waals surface area contributed by atoms with Crippen LogP contribution in [0.25, 0.3) is 0 Å². The zero-order valence-electron chi connectivity index (χ0n) is 14.1. The highest BCUT2D eigenvalue weighted by atomic mass is 32.2. The van der Waals surface area contributed by atoms with Crippen molar-refractivity contribution in [1.82, 2.24) is 15.5 Å². The zero-order valence-corrected chi connectivity index (χ0v) is 14.9. The van der Waals surface area contributed by atoms with Gasteiger partial charge in [-0.1, -0.05) is 0 Å². The van der Waals surface area contributed by atoms with Crippen molar-refractivity contribution in [2.24, 2.45) is 5.92 Å². The predicted octanol–water partition coefficient (Wildman–Crippen LogP) is 0.789. The molecule has 4 rings (SSSR count). The molecule has 26 heavy (non-hydrogen) atoms. The number of imide groups is 2. The Morgan fingerprint density at radius 2 is 1.88 bits per heavy atom. The highest BCUT2D eigenvalue weighted by Gasteiger charge is 2.44. The number of rotatable bonds is 4. The van der Waals surface area contributed by atoms with E-state index in [4.69, 9.17) is 0 Å². The molecular formula is C18H19N3O4S. The summed E-state index contributed by atoms with van der Waals surface area (Å²) in [5.41, 5.74) is 0.667. The van der Waals surface area contributed by atoms with Crippen LogP contribution in [-0.4, -0.2) is 53.4 Å². The van der Waals surface area contributed by atoms with E-state index in [-0.39, 0.29) is 18.7 Å². The van der Waals surface area contributed by atoms with E-state index in [1.54, 1.807) is 23.9 Å². The number of hydrogen-bond acceptors (Lipinski definition) is 6. The maximum absolute atomic E-state index is 12.8. The Balaban J connectivity index is 1.52. The first-order chi connectivity index (χ1) is 12.5. The first kappa shape index (κ1) is 17.2. The highest BCUT2D eigenvalue weighted by Crippen LogP contribution is 2.32. The Morgan fingerprint density at radius 3 is 2.62 bits per heavy atom. The number of carbonyl (C=O) groups excluding carboxylic acids is 4. The summed E-state index contributed by atoms with van der Waals surface area (Å²) in [6.07, 6.45) is 1.45. The molecular weight excluding hydrogens is 354 g/mol. The Hall–Kier alpha value is -2.19. The van der Waals surface area contributed by atoms with Crippen LogP contribution in [0.2, 0.25) is 0 Å². The summed E-state index contributed by atoms with van der Waals surface area (Å²) in [5.74, 6) is -0.293. The summed E-state index contributed by atoms with van der Waals surface area (Å²) in [5, 5.41) is 5.53. The summed E-state index contributed by atoms with van der Waals surface area (Å²) >= 11 is 1.68. The average molecular weight is 373 g/mol. The van der Waals surface area contributed by atoms with E-state index < -0.39 is 23.8 Å². The topological polar surface area (TPSA) is 95.6 Å². The van der Waals surface area contributed by atoms with Gasteiger partial charge in [-0.25, -0.2) is 0 Å². The molecule has 2 fully saturated rings. The Bertz CT molecular complexity index is 804. The number of carbonyl (C=O) groups is 4. The number of nitrogens with one attached hydrogen (secondary N) is 2. The van der Waals surface area contributed by atoms with Crippen LogP contribution in [0.3, 0.4) is 0 Å². The lowest BCUT2D eigenvalue weighted by molar-refractivity contribution is -0.136. The first-order valence-corrected chi connectivity index (χ1v) is 9.72. The second-order valence-corrected chi connectivity index (χ2v) is 7.92. The van der Waals surface area contributed by atoms with Gasteiger partial charge < -0.3 is 5.32 Å². The molecule has 1 aromatic carbocycles. The molecule has 2 atom stereocenters. The van der Waals surface area contributed by atoms with E-state index in [2.05, 4.69) is 10.6 Å². The third-order valence-electron chi connectivity index (χ3n) is 5.06. The molecule has 0 radical (unpaired) electrons. The van der Waals surface area contributed by atoms with Crippen molar-refractivity contribution in [2.75, 3.05) is 18.8 Å². The molecule has 0 bridgehead atoms. The minimum Gasteiger partial charge on any atom is -0.316 e. The molecule has 3 aliphatic heterocycles. The minimum absolute atomic E-state index is 0.125. The van der Waals surface area contributed by atoms with Crippen molar-refractivity contribution in [1.29, 1.82) is 0 Å².